The summed E-state index contributed by atoms with van der Waals surface area (Å²) in [5.74, 6) is 0.466. The van der Waals surface area contributed by atoms with Crippen molar-refractivity contribution in [2.75, 3.05) is 63.2 Å². The molecule has 1 aromatic carbocycles. The highest BCUT2D eigenvalue weighted by atomic mass is 16.6. The van der Waals surface area contributed by atoms with Crippen molar-refractivity contribution in [1.29, 1.82) is 0 Å². The quantitative estimate of drug-likeness (QED) is 0.393. The summed E-state index contributed by atoms with van der Waals surface area (Å²) < 4.78 is 0. The number of nitro groups is 1. The van der Waals surface area contributed by atoms with Gasteiger partial charge in [0.1, 0.15) is 5.69 Å². The third-order valence-electron chi connectivity index (χ3n) is 5.06. The fraction of sp³-hybridized carbons (Fsp3) is 0.450. The molecule has 0 aliphatic carbocycles. The fourth-order valence-electron chi connectivity index (χ4n) is 3.42. The lowest BCUT2D eigenvalue weighted by Gasteiger charge is -2.34. The van der Waals surface area contributed by atoms with E-state index in [0.717, 1.165) is 45.1 Å². The monoisotopic (exact) mass is 413 g/mol. The van der Waals surface area contributed by atoms with Gasteiger partial charge in [0.05, 0.1) is 4.92 Å². The van der Waals surface area contributed by atoms with E-state index >= 15 is 0 Å². The predicted molar refractivity (Wildman–Crippen MR) is 115 cm³/mol. The Morgan fingerprint density at radius 1 is 1.20 bits per heavy atom. The van der Waals surface area contributed by atoms with E-state index in [4.69, 9.17) is 0 Å². The van der Waals surface area contributed by atoms with Gasteiger partial charge in [0.25, 0.3) is 11.6 Å². The molecule has 1 saturated heterocycles. The van der Waals surface area contributed by atoms with Crippen LogP contribution in [0, 0.1) is 10.1 Å². The van der Waals surface area contributed by atoms with Crippen LogP contribution in [-0.4, -0.2) is 79.1 Å². The number of amides is 1. The molecule has 0 unspecified atom stereocenters. The summed E-state index contributed by atoms with van der Waals surface area (Å²) >= 11 is 0. The second kappa shape index (κ2) is 9.97. The van der Waals surface area contributed by atoms with Crippen molar-refractivity contribution in [3.63, 3.8) is 0 Å². The highest BCUT2D eigenvalue weighted by molar-refractivity contribution is 5.95. The van der Waals surface area contributed by atoms with Crippen molar-refractivity contribution in [2.24, 2.45) is 0 Å². The number of benzene rings is 1. The first-order chi connectivity index (χ1) is 14.5. The number of anilines is 2. The van der Waals surface area contributed by atoms with Gasteiger partial charge in [-0.15, -0.1) is 0 Å². The maximum Gasteiger partial charge on any atom is 0.293 e. The Hall–Kier alpha value is -3.27. The molecule has 3 rings (SSSR count). The second-order valence-electron chi connectivity index (χ2n) is 7.34. The maximum atomic E-state index is 12.4. The molecule has 1 aromatic heterocycles. The number of nitrogens with one attached hydrogen (secondary N) is 1. The zero-order valence-electron chi connectivity index (χ0n) is 17.3. The van der Waals surface area contributed by atoms with Gasteiger partial charge in [-0.05, 0) is 31.2 Å². The normalized spacial score (nSPS) is 14.4. The summed E-state index contributed by atoms with van der Waals surface area (Å²) in [5, 5.41) is 14.1. The van der Waals surface area contributed by atoms with Crippen molar-refractivity contribution >= 4 is 23.2 Å². The third kappa shape index (κ3) is 5.41. The van der Waals surface area contributed by atoms with Gasteiger partial charge < -0.3 is 15.1 Å². The molecular weight excluding hydrogens is 386 g/mol. The maximum absolute atomic E-state index is 12.4. The number of nitro benzene ring substituents is 1. The molecule has 1 aliphatic heterocycles. The van der Waals surface area contributed by atoms with E-state index in [1.807, 2.05) is 6.07 Å². The van der Waals surface area contributed by atoms with E-state index in [1.54, 1.807) is 43.5 Å². The summed E-state index contributed by atoms with van der Waals surface area (Å²) in [4.78, 5) is 37.9. The van der Waals surface area contributed by atoms with Gasteiger partial charge in [0.2, 0.25) is 5.95 Å². The first kappa shape index (κ1) is 21.4. The Bertz CT molecular complexity index is 868. The lowest BCUT2D eigenvalue weighted by atomic mass is 10.1. The zero-order chi connectivity index (χ0) is 21.5. The van der Waals surface area contributed by atoms with Crippen LogP contribution in [0.1, 0.15) is 16.8 Å². The molecule has 0 atom stereocenters. The van der Waals surface area contributed by atoms with E-state index < -0.39 is 4.92 Å². The van der Waals surface area contributed by atoms with Crippen LogP contribution < -0.4 is 15.1 Å². The number of rotatable bonds is 8. The summed E-state index contributed by atoms with van der Waals surface area (Å²) in [6.07, 6.45) is 4.31. The van der Waals surface area contributed by atoms with E-state index in [9.17, 15) is 14.9 Å². The van der Waals surface area contributed by atoms with Crippen molar-refractivity contribution in [3.8, 4) is 0 Å². The van der Waals surface area contributed by atoms with Crippen molar-refractivity contribution in [3.05, 3.63) is 52.3 Å². The number of nitrogens with zero attached hydrogens (tertiary/aromatic N) is 6. The first-order valence-electron chi connectivity index (χ1n) is 9.94. The molecule has 10 nitrogen and oxygen atoms in total. The van der Waals surface area contributed by atoms with Crippen LogP contribution in [0.3, 0.4) is 0 Å². The predicted octanol–water partition coefficient (Wildman–Crippen LogP) is 1.39. The molecule has 10 heteroatoms. The van der Waals surface area contributed by atoms with Gasteiger partial charge in [-0.2, -0.15) is 0 Å². The number of hydrogen-bond acceptors (Lipinski definition) is 8. The highest BCUT2D eigenvalue weighted by Crippen LogP contribution is 2.27. The summed E-state index contributed by atoms with van der Waals surface area (Å²) in [5.41, 5.74) is 0.688. The van der Waals surface area contributed by atoms with Crippen LogP contribution >= 0.6 is 0 Å². The summed E-state index contributed by atoms with van der Waals surface area (Å²) in [6, 6.07) is 6.35. The molecule has 1 fully saturated rings. The highest BCUT2D eigenvalue weighted by Gasteiger charge is 2.20. The standard InChI is InChI=1S/C20H27N7O3/c1-24(2)17-6-5-16(15-18(17)27(29)30)19(28)21-9-4-10-25-11-13-26(14-12-25)20-22-7-3-8-23-20/h3,5-8,15H,4,9-14H2,1-2H3,(H,21,28). The minimum atomic E-state index is -0.466. The number of carbonyl (C=O) groups excluding carboxylic acids is 1. The molecule has 0 bridgehead atoms. The molecule has 1 N–H and O–H groups in total. The molecule has 1 aliphatic rings. The Kier molecular flexibility index (Phi) is 7.12. The van der Waals surface area contributed by atoms with Crippen molar-refractivity contribution in [1.82, 2.24) is 20.2 Å². The van der Waals surface area contributed by atoms with E-state index in [0.29, 0.717) is 17.8 Å². The van der Waals surface area contributed by atoms with E-state index in [-0.39, 0.29) is 11.6 Å². The van der Waals surface area contributed by atoms with Gasteiger partial charge in [-0.1, -0.05) is 0 Å². The number of aromatic nitrogens is 2. The second-order valence-corrected chi connectivity index (χ2v) is 7.34. The van der Waals surface area contributed by atoms with Crippen LogP contribution in [0.2, 0.25) is 0 Å². The summed E-state index contributed by atoms with van der Waals surface area (Å²) in [6.45, 7) is 4.98. The van der Waals surface area contributed by atoms with Gasteiger partial charge >= 0.3 is 0 Å². The molecule has 0 saturated carbocycles. The molecule has 2 aromatic rings. The molecule has 30 heavy (non-hydrogen) atoms. The van der Waals surface area contributed by atoms with Crippen LogP contribution in [-0.2, 0) is 0 Å². The average Bonchev–Trinajstić information content (AvgIpc) is 2.77. The third-order valence-corrected chi connectivity index (χ3v) is 5.06. The molecule has 1 amide bonds. The molecule has 160 valence electrons. The van der Waals surface area contributed by atoms with Crippen LogP contribution in [0.15, 0.2) is 36.7 Å². The zero-order valence-corrected chi connectivity index (χ0v) is 17.3. The smallest absolute Gasteiger partial charge is 0.293 e. The molecular formula is C20H27N7O3. The largest absolute Gasteiger partial charge is 0.372 e. The number of hydrogen-bond donors (Lipinski definition) is 1. The lowest BCUT2D eigenvalue weighted by molar-refractivity contribution is -0.384. The summed E-state index contributed by atoms with van der Waals surface area (Å²) in [7, 11) is 3.46. The molecule has 0 spiro atoms. The van der Waals surface area contributed by atoms with E-state index in [1.165, 1.54) is 6.07 Å². The minimum absolute atomic E-state index is 0.0760. The topological polar surface area (TPSA) is 108 Å². The molecule has 0 radical (unpaired) electrons. The average molecular weight is 413 g/mol. The van der Waals surface area contributed by atoms with Crippen LogP contribution in [0.5, 0.6) is 0 Å². The SMILES string of the molecule is CN(C)c1ccc(C(=O)NCCCN2CCN(c3ncccn3)CC2)cc1[N+](=O)[O-]. The Labute approximate surface area is 175 Å². The van der Waals surface area contributed by atoms with Crippen LogP contribution in [0.4, 0.5) is 17.3 Å². The Morgan fingerprint density at radius 2 is 1.90 bits per heavy atom. The first-order valence-corrected chi connectivity index (χ1v) is 9.94. The van der Waals surface area contributed by atoms with Gasteiger partial charge in [-0.3, -0.25) is 19.8 Å². The Morgan fingerprint density at radius 3 is 2.53 bits per heavy atom. The fourth-order valence-corrected chi connectivity index (χ4v) is 3.42. The number of carbonyl (C=O) groups is 1. The lowest BCUT2D eigenvalue weighted by Crippen LogP contribution is -2.47. The minimum Gasteiger partial charge on any atom is -0.372 e. The van der Waals surface area contributed by atoms with Crippen molar-refractivity contribution in [2.45, 2.75) is 6.42 Å². The van der Waals surface area contributed by atoms with Gasteiger partial charge in [0.15, 0.2) is 0 Å². The van der Waals surface area contributed by atoms with E-state index in [2.05, 4.69) is 25.1 Å². The Balaban J connectivity index is 1.42. The van der Waals surface area contributed by atoms with Crippen LogP contribution in [0.25, 0.3) is 0 Å². The van der Waals surface area contributed by atoms with Gasteiger partial charge in [0, 0.05) is 70.8 Å². The van der Waals surface area contributed by atoms with Gasteiger partial charge in [-0.25, -0.2) is 9.97 Å². The number of piperazine rings is 1. The molecule has 2 heterocycles. The van der Waals surface area contributed by atoms with Crippen molar-refractivity contribution < 1.29 is 9.72 Å².